The highest BCUT2D eigenvalue weighted by Crippen LogP contribution is 2.37. The van der Waals surface area contributed by atoms with Crippen LogP contribution in [0.3, 0.4) is 0 Å². The normalized spacial score (nSPS) is 12.0. The fraction of sp³-hybridized carbons (Fsp3) is 0.182. The molecule has 0 aliphatic heterocycles. The molecule has 0 atom stereocenters. The Kier molecular flexibility index (Phi) is 3.88. The number of para-hydroxylation sites is 2. The van der Waals surface area contributed by atoms with Crippen LogP contribution in [0.4, 0.5) is 15.8 Å². The number of benzene rings is 3. The van der Waals surface area contributed by atoms with Gasteiger partial charge < -0.3 is 9.32 Å². The van der Waals surface area contributed by atoms with Crippen LogP contribution in [0.2, 0.25) is 19.6 Å². The Morgan fingerprint density at radius 1 is 0.808 bits per heavy atom. The minimum atomic E-state index is -1.32. The Bertz CT molecular complexity index is 1090. The monoisotopic (exact) mass is 363 g/mol. The van der Waals surface area contributed by atoms with Crippen LogP contribution in [0.5, 0.6) is 0 Å². The molecule has 2 nitrogen and oxygen atoms in total. The van der Waals surface area contributed by atoms with E-state index in [4.69, 9.17) is 4.42 Å². The van der Waals surface area contributed by atoms with Crippen LogP contribution in [0.15, 0.2) is 65.1 Å². The third-order valence-corrected chi connectivity index (χ3v) is 7.00. The minimum Gasteiger partial charge on any atom is -0.451 e. The van der Waals surface area contributed by atoms with Gasteiger partial charge in [0, 0.05) is 23.5 Å². The van der Waals surface area contributed by atoms with Crippen molar-refractivity contribution in [2.45, 2.75) is 19.6 Å². The Labute approximate surface area is 153 Å². The second-order valence-electron chi connectivity index (χ2n) is 7.73. The summed E-state index contributed by atoms with van der Waals surface area (Å²) < 4.78 is 20.1. The number of halogens is 1. The molecule has 0 spiro atoms. The van der Waals surface area contributed by atoms with Crippen molar-refractivity contribution in [1.29, 1.82) is 0 Å². The van der Waals surface area contributed by atoms with Gasteiger partial charge in [0.15, 0.2) is 17.0 Å². The van der Waals surface area contributed by atoms with E-state index in [0.717, 1.165) is 22.1 Å². The predicted molar refractivity (Wildman–Crippen MR) is 111 cm³/mol. The molecule has 26 heavy (non-hydrogen) atoms. The summed E-state index contributed by atoms with van der Waals surface area (Å²) in [4.78, 5) is 2.09. The molecule has 0 bridgehead atoms. The van der Waals surface area contributed by atoms with Crippen molar-refractivity contribution in [3.8, 4) is 0 Å². The van der Waals surface area contributed by atoms with Gasteiger partial charge in [-0.05, 0) is 24.3 Å². The van der Waals surface area contributed by atoms with Crippen LogP contribution in [0.25, 0.3) is 21.9 Å². The van der Waals surface area contributed by atoms with E-state index < -0.39 is 8.07 Å². The SMILES string of the molecule is CN(c1ccc([Si](C)(C)C)cc1)c1cccc2c1oc1c(F)cccc12. The van der Waals surface area contributed by atoms with E-state index >= 15 is 0 Å². The lowest BCUT2D eigenvalue weighted by Crippen LogP contribution is -2.37. The number of fused-ring (bicyclic) bond motifs is 3. The summed E-state index contributed by atoms with van der Waals surface area (Å²) in [6.45, 7) is 7.03. The molecule has 0 N–H and O–H groups in total. The number of nitrogens with zero attached hydrogens (tertiary/aromatic N) is 1. The largest absolute Gasteiger partial charge is 0.451 e. The number of furan rings is 1. The second-order valence-corrected chi connectivity index (χ2v) is 12.8. The molecular weight excluding hydrogens is 341 g/mol. The Balaban J connectivity index is 1.83. The Hall–Kier alpha value is -2.59. The molecule has 4 aromatic rings. The first-order valence-electron chi connectivity index (χ1n) is 8.80. The van der Waals surface area contributed by atoms with Crippen LogP contribution < -0.4 is 10.1 Å². The molecule has 0 fully saturated rings. The van der Waals surface area contributed by atoms with E-state index in [1.54, 1.807) is 6.07 Å². The van der Waals surface area contributed by atoms with Gasteiger partial charge in [0.1, 0.15) is 0 Å². The average molecular weight is 364 g/mol. The van der Waals surface area contributed by atoms with Crippen molar-refractivity contribution in [2.75, 3.05) is 11.9 Å². The van der Waals surface area contributed by atoms with E-state index in [2.05, 4.69) is 48.8 Å². The molecule has 3 aromatic carbocycles. The fourth-order valence-corrected chi connectivity index (χ4v) is 4.53. The molecule has 4 heteroatoms. The summed E-state index contributed by atoms with van der Waals surface area (Å²) in [5.41, 5.74) is 3.04. The van der Waals surface area contributed by atoms with E-state index in [-0.39, 0.29) is 5.82 Å². The molecule has 0 unspecified atom stereocenters. The first kappa shape index (κ1) is 16.9. The Morgan fingerprint density at radius 2 is 1.42 bits per heavy atom. The van der Waals surface area contributed by atoms with E-state index in [9.17, 15) is 4.39 Å². The maximum Gasteiger partial charge on any atom is 0.171 e. The molecule has 0 aliphatic carbocycles. The zero-order valence-corrected chi connectivity index (χ0v) is 16.5. The van der Waals surface area contributed by atoms with Crippen LogP contribution in [0.1, 0.15) is 0 Å². The number of hydrogen-bond donors (Lipinski definition) is 0. The summed E-state index contributed by atoms with van der Waals surface area (Å²) in [6, 6.07) is 19.8. The first-order valence-corrected chi connectivity index (χ1v) is 12.3. The molecule has 0 saturated carbocycles. The smallest absolute Gasteiger partial charge is 0.171 e. The highest BCUT2D eigenvalue weighted by Gasteiger charge is 2.18. The van der Waals surface area contributed by atoms with Crippen LogP contribution >= 0.6 is 0 Å². The number of rotatable bonds is 3. The van der Waals surface area contributed by atoms with Crippen molar-refractivity contribution < 1.29 is 8.81 Å². The molecule has 132 valence electrons. The zero-order valence-electron chi connectivity index (χ0n) is 15.5. The number of anilines is 2. The van der Waals surface area contributed by atoms with Gasteiger partial charge in [-0.1, -0.05) is 61.2 Å². The summed E-state index contributed by atoms with van der Waals surface area (Å²) >= 11 is 0. The quantitative estimate of drug-likeness (QED) is 0.413. The summed E-state index contributed by atoms with van der Waals surface area (Å²) in [6.07, 6.45) is 0. The third-order valence-electron chi connectivity index (χ3n) is 4.94. The second kappa shape index (κ2) is 5.99. The van der Waals surface area contributed by atoms with Crippen molar-refractivity contribution in [3.63, 3.8) is 0 Å². The highest BCUT2D eigenvalue weighted by molar-refractivity contribution is 6.88. The highest BCUT2D eigenvalue weighted by atomic mass is 28.3. The van der Waals surface area contributed by atoms with E-state index in [1.807, 2.05) is 31.3 Å². The standard InChI is InChI=1S/C22H22FNOSi/c1-24(15-11-13-16(14-12-15)26(2,3)4)20-10-6-8-18-17-7-5-9-19(23)21(17)25-22(18)20/h5-14H,1-4H3. The molecule has 0 amide bonds. The van der Waals surface area contributed by atoms with Crippen molar-refractivity contribution in [2.24, 2.45) is 0 Å². The van der Waals surface area contributed by atoms with Gasteiger partial charge in [-0.25, -0.2) is 4.39 Å². The van der Waals surface area contributed by atoms with Gasteiger partial charge in [0.2, 0.25) is 0 Å². The molecule has 1 heterocycles. The summed E-state index contributed by atoms with van der Waals surface area (Å²) in [7, 11) is 0.694. The fourth-order valence-electron chi connectivity index (χ4n) is 3.36. The first-order chi connectivity index (χ1) is 12.4. The van der Waals surface area contributed by atoms with Gasteiger partial charge in [0.25, 0.3) is 0 Å². The maximum atomic E-state index is 14.1. The van der Waals surface area contributed by atoms with Gasteiger partial charge in [-0.2, -0.15) is 0 Å². The van der Waals surface area contributed by atoms with Gasteiger partial charge in [0.05, 0.1) is 13.8 Å². The van der Waals surface area contributed by atoms with Crippen molar-refractivity contribution in [1.82, 2.24) is 0 Å². The molecule has 1 aromatic heterocycles. The average Bonchev–Trinajstić information content (AvgIpc) is 3.01. The molecule has 4 rings (SSSR count). The molecular formula is C22H22FNOSi. The lowest BCUT2D eigenvalue weighted by molar-refractivity contribution is 0.584. The van der Waals surface area contributed by atoms with Gasteiger partial charge in [-0.3, -0.25) is 0 Å². The molecule has 0 saturated heterocycles. The van der Waals surface area contributed by atoms with E-state index in [1.165, 1.54) is 11.3 Å². The van der Waals surface area contributed by atoms with Gasteiger partial charge >= 0.3 is 0 Å². The third kappa shape index (κ3) is 2.71. The summed E-state index contributed by atoms with van der Waals surface area (Å²) in [5.74, 6) is -0.327. The van der Waals surface area contributed by atoms with Crippen molar-refractivity contribution >= 4 is 46.6 Å². The van der Waals surface area contributed by atoms with Crippen LogP contribution in [-0.4, -0.2) is 15.1 Å². The summed E-state index contributed by atoms with van der Waals surface area (Å²) in [5, 5.41) is 3.17. The van der Waals surface area contributed by atoms with E-state index in [0.29, 0.717) is 11.2 Å². The predicted octanol–water partition coefficient (Wildman–Crippen LogP) is 6.04. The number of hydrogen-bond acceptors (Lipinski definition) is 2. The van der Waals surface area contributed by atoms with Crippen LogP contribution in [-0.2, 0) is 0 Å². The lowest BCUT2D eigenvalue weighted by atomic mass is 10.1. The maximum absolute atomic E-state index is 14.1. The van der Waals surface area contributed by atoms with Gasteiger partial charge in [-0.15, -0.1) is 0 Å². The lowest BCUT2D eigenvalue weighted by Gasteiger charge is -2.22. The zero-order chi connectivity index (χ0) is 18.5. The minimum absolute atomic E-state index is 0.317. The Morgan fingerprint density at radius 3 is 2.08 bits per heavy atom. The molecule has 0 aliphatic rings. The van der Waals surface area contributed by atoms with Crippen LogP contribution in [0, 0.1) is 5.82 Å². The van der Waals surface area contributed by atoms with Crippen molar-refractivity contribution in [3.05, 3.63) is 66.5 Å². The topological polar surface area (TPSA) is 16.4 Å². The molecule has 0 radical (unpaired) electrons.